The molecule has 0 saturated carbocycles. The van der Waals surface area contributed by atoms with Crippen LogP contribution in [0.4, 0.5) is 8.78 Å². The molecule has 0 unspecified atom stereocenters. The lowest BCUT2D eigenvalue weighted by Crippen LogP contribution is -2.35. The Morgan fingerprint density at radius 1 is 1.24 bits per heavy atom. The number of rotatable bonds is 6. The summed E-state index contributed by atoms with van der Waals surface area (Å²) in [5.41, 5.74) is 2.19. The van der Waals surface area contributed by atoms with Crippen molar-refractivity contribution >= 4 is 0 Å². The number of hydrogen-bond donors (Lipinski definition) is 2. The van der Waals surface area contributed by atoms with Crippen LogP contribution in [0.2, 0.25) is 0 Å². The molecule has 0 atom stereocenters. The van der Waals surface area contributed by atoms with Crippen molar-refractivity contribution in [3.63, 3.8) is 0 Å². The van der Waals surface area contributed by atoms with Crippen LogP contribution in [0.3, 0.4) is 0 Å². The van der Waals surface area contributed by atoms with E-state index < -0.39 is 19.1 Å². The molecule has 0 amide bonds. The van der Waals surface area contributed by atoms with Gasteiger partial charge < -0.3 is 10.4 Å². The Morgan fingerprint density at radius 3 is 2.29 bits per heavy atom. The van der Waals surface area contributed by atoms with Gasteiger partial charge in [-0.1, -0.05) is 38.1 Å². The van der Waals surface area contributed by atoms with Gasteiger partial charge in [0, 0.05) is 6.54 Å². The summed E-state index contributed by atoms with van der Waals surface area (Å²) >= 11 is 0. The molecule has 0 heterocycles. The Bertz CT molecular complexity index is 336. The van der Waals surface area contributed by atoms with E-state index in [0.29, 0.717) is 12.5 Å². The van der Waals surface area contributed by atoms with Gasteiger partial charge in [-0.05, 0) is 17.0 Å². The van der Waals surface area contributed by atoms with Crippen LogP contribution in [-0.2, 0) is 6.54 Å². The number of aliphatic hydroxyl groups excluding tert-OH is 1. The molecule has 0 aromatic heterocycles. The molecule has 17 heavy (non-hydrogen) atoms. The molecule has 2 nitrogen and oxygen atoms in total. The average molecular weight is 243 g/mol. The monoisotopic (exact) mass is 243 g/mol. The van der Waals surface area contributed by atoms with Crippen molar-refractivity contribution in [3.05, 3.63) is 35.4 Å². The summed E-state index contributed by atoms with van der Waals surface area (Å²) in [7, 11) is 0. The van der Waals surface area contributed by atoms with E-state index in [4.69, 9.17) is 5.11 Å². The normalized spacial score (nSPS) is 12.1. The quantitative estimate of drug-likeness (QED) is 0.804. The molecule has 0 aliphatic rings. The van der Waals surface area contributed by atoms with Crippen LogP contribution in [-0.4, -0.2) is 24.2 Å². The lowest BCUT2D eigenvalue weighted by atomic mass is 10.0. The maximum absolute atomic E-state index is 12.7. The Labute approximate surface area is 101 Å². The molecule has 0 spiro atoms. The molecule has 2 N–H and O–H groups in total. The van der Waals surface area contributed by atoms with Gasteiger partial charge in [-0.15, -0.1) is 0 Å². The van der Waals surface area contributed by atoms with Crippen LogP contribution < -0.4 is 5.32 Å². The van der Waals surface area contributed by atoms with E-state index in [1.54, 1.807) is 0 Å². The van der Waals surface area contributed by atoms with Gasteiger partial charge >= 0.3 is 0 Å². The van der Waals surface area contributed by atoms with E-state index in [1.807, 2.05) is 24.3 Å². The van der Waals surface area contributed by atoms with Crippen LogP contribution in [0.15, 0.2) is 24.3 Å². The SMILES string of the molecule is CC(C)c1ccc(CNCC(F)(F)CO)cc1. The summed E-state index contributed by atoms with van der Waals surface area (Å²) in [5.74, 6) is -2.58. The Balaban J connectivity index is 2.42. The molecule has 0 fully saturated rings. The summed E-state index contributed by atoms with van der Waals surface area (Å²) in [5, 5.41) is 11.0. The fourth-order valence-electron chi connectivity index (χ4n) is 1.47. The minimum atomic E-state index is -3.04. The highest BCUT2D eigenvalue weighted by atomic mass is 19.3. The third-order valence-corrected chi connectivity index (χ3v) is 2.59. The number of nitrogens with one attached hydrogen (secondary N) is 1. The second kappa shape index (κ2) is 6.07. The first-order chi connectivity index (χ1) is 7.94. The highest BCUT2D eigenvalue weighted by Crippen LogP contribution is 2.15. The maximum Gasteiger partial charge on any atom is 0.282 e. The van der Waals surface area contributed by atoms with E-state index in [2.05, 4.69) is 19.2 Å². The van der Waals surface area contributed by atoms with Crippen LogP contribution in [0.1, 0.15) is 30.9 Å². The Morgan fingerprint density at radius 2 is 1.82 bits per heavy atom. The fraction of sp³-hybridized carbons (Fsp3) is 0.538. The molecular formula is C13H19F2NO. The van der Waals surface area contributed by atoms with Crippen molar-refractivity contribution in [2.24, 2.45) is 0 Å². The molecular weight excluding hydrogens is 224 g/mol. The van der Waals surface area contributed by atoms with Gasteiger partial charge in [0.25, 0.3) is 5.92 Å². The third-order valence-electron chi connectivity index (χ3n) is 2.59. The smallest absolute Gasteiger partial charge is 0.282 e. The second-order valence-electron chi connectivity index (χ2n) is 4.51. The number of alkyl halides is 2. The van der Waals surface area contributed by atoms with Crippen molar-refractivity contribution in [1.82, 2.24) is 5.32 Å². The zero-order valence-corrected chi connectivity index (χ0v) is 10.2. The molecule has 0 aliphatic heterocycles. The topological polar surface area (TPSA) is 32.3 Å². The molecule has 0 bridgehead atoms. The molecule has 1 rings (SSSR count). The molecule has 0 saturated heterocycles. The van der Waals surface area contributed by atoms with Gasteiger partial charge in [-0.2, -0.15) is 0 Å². The molecule has 96 valence electrons. The molecule has 0 aliphatic carbocycles. The number of benzene rings is 1. The van der Waals surface area contributed by atoms with Crippen molar-refractivity contribution in [1.29, 1.82) is 0 Å². The Hall–Kier alpha value is -1.00. The summed E-state index contributed by atoms with van der Waals surface area (Å²) in [6.45, 7) is 2.97. The van der Waals surface area contributed by atoms with Crippen molar-refractivity contribution in [3.8, 4) is 0 Å². The fourth-order valence-corrected chi connectivity index (χ4v) is 1.47. The predicted molar refractivity (Wildman–Crippen MR) is 64.3 cm³/mol. The number of halogens is 2. The molecule has 1 aromatic carbocycles. The standard InChI is InChI=1S/C13H19F2NO/c1-10(2)12-5-3-11(4-6-12)7-16-8-13(14,15)9-17/h3-6,10,16-17H,7-9H2,1-2H3. The van der Waals surface area contributed by atoms with Crippen molar-refractivity contribution in [2.45, 2.75) is 32.2 Å². The third kappa shape index (κ3) is 4.79. The largest absolute Gasteiger partial charge is 0.390 e. The minimum absolute atomic E-state index is 0.383. The van der Waals surface area contributed by atoms with Gasteiger partial charge in [-0.3, -0.25) is 0 Å². The first-order valence-electron chi connectivity index (χ1n) is 5.73. The minimum Gasteiger partial charge on any atom is -0.390 e. The summed E-state index contributed by atoms with van der Waals surface area (Å²) in [6, 6.07) is 7.87. The first kappa shape index (κ1) is 14.1. The Kier molecular flexibility index (Phi) is 5.02. The van der Waals surface area contributed by atoms with E-state index in [9.17, 15) is 8.78 Å². The van der Waals surface area contributed by atoms with Gasteiger partial charge in [0.2, 0.25) is 0 Å². The summed E-state index contributed by atoms with van der Waals surface area (Å²) < 4.78 is 25.4. The van der Waals surface area contributed by atoms with Gasteiger partial charge in [0.15, 0.2) is 0 Å². The zero-order chi connectivity index (χ0) is 12.9. The maximum atomic E-state index is 12.7. The molecule has 0 radical (unpaired) electrons. The van der Waals surface area contributed by atoms with Crippen LogP contribution in [0.5, 0.6) is 0 Å². The van der Waals surface area contributed by atoms with Gasteiger partial charge in [0.1, 0.15) is 6.61 Å². The van der Waals surface area contributed by atoms with Gasteiger partial charge in [0.05, 0.1) is 6.54 Å². The average Bonchev–Trinajstić information content (AvgIpc) is 2.29. The van der Waals surface area contributed by atoms with E-state index in [-0.39, 0.29) is 0 Å². The highest BCUT2D eigenvalue weighted by molar-refractivity contribution is 5.24. The van der Waals surface area contributed by atoms with Crippen molar-refractivity contribution in [2.75, 3.05) is 13.2 Å². The number of aliphatic hydroxyl groups is 1. The zero-order valence-electron chi connectivity index (χ0n) is 10.2. The summed E-state index contributed by atoms with van der Waals surface area (Å²) in [4.78, 5) is 0. The van der Waals surface area contributed by atoms with E-state index in [0.717, 1.165) is 5.56 Å². The molecule has 1 aromatic rings. The molecule has 4 heteroatoms. The van der Waals surface area contributed by atoms with Crippen LogP contribution in [0, 0.1) is 0 Å². The predicted octanol–water partition coefficient (Wildman–Crippen LogP) is 2.53. The second-order valence-corrected chi connectivity index (χ2v) is 4.51. The van der Waals surface area contributed by atoms with E-state index in [1.165, 1.54) is 5.56 Å². The first-order valence-corrected chi connectivity index (χ1v) is 5.73. The number of hydrogen-bond acceptors (Lipinski definition) is 2. The van der Waals surface area contributed by atoms with Crippen LogP contribution in [0.25, 0.3) is 0 Å². The lowest BCUT2D eigenvalue weighted by molar-refractivity contribution is -0.0477. The van der Waals surface area contributed by atoms with E-state index >= 15 is 0 Å². The van der Waals surface area contributed by atoms with Crippen LogP contribution >= 0.6 is 0 Å². The van der Waals surface area contributed by atoms with Crippen molar-refractivity contribution < 1.29 is 13.9 Å². The summed E-state index contributed by atoms with van der Waals surface area (Å²) in [6.07, 6.45) is 0. The van der Waals surface area contributed by atoms with Gasteiger partial charge in [-0.25, -0.2) is 8.78 Å². The lowest BCUT2D eigenvalue weighted by Gasteiger charge is -2.14. The highest BCUT2D eigenvalue weighted by Gasteiger charge is 2.26.